The predicted molar refractivity (Wildman–Crippen MR) is 167 cm³/mol. The third kappa shape index (κ3) is 5.28. The van der Waals surface area contributed by atoms with Gasteiger partial charge in [0.1, 0.15) is 57.9 Å². The first-order chi connectivity index (χ1) is 21.6. The molecule has 11 heteroatoms. The minimum atomic E-state index is -0.491. The highest BCUT2D eigenvalue weighted by atomic mass is 16.5. The summed E-state index contributed by atoms with van der Waals surface area (Å²) in [6.07, 6.45) is 1.35. The second-order valence-corrected chi connectivity index (χ2v) is 9.71. The van der Waals surface area contributed by atoms with E-state index < -0.39 is 5.91 Å². The standard InChI is InChI=1S/C33H24N8O3/c34-30-26(28(38-40-30)20-11-15-24(16-12-20)43-22-7-3-1-4-8-22)33(42)37-31-27-29(39-41-32(27)36-19-35-31)21-13-17-25(18-14-21)44-23-9-5-2-6-10-23/h1-19H,(H3,34,38,40)(H2,35,36,37,39,41,42). The Morgan fingerprint density at radius 2 is 1.16 bits per heavy atom. The summed E-state index contributed by atoms with van der Waals surface area (Å²) in [5.41, 5.74) is 9.24. The molecule has 0 aliphatic heterocycles. The van der Waals surface area contributed by atoms with Gasteiger partial charge in [-0.05, 0) is 72.8 Å². The largest absolute Gasteiger partial charge is 0.457 e. The van der Waals surface area contributed by atoms with Crippen molar-refractivity contribution in [3.8, 4) is 45.5 Å². The second kappa shape index (κ2) is 11.4. The van der Waals surface area contributed by atoms with Crippen molar-refractivity contribution in [3.63, 3.8) is 0 Å². The fourth-order valence-electron chi connectivity index (χ4n) is 4.74. The maximum absolute atomic E-state index is 13.6. The van der Waals surface area contributed by atoms with Gasteiger partial charge in [-0.2, -0.15) is 10.2 Å². The van der Waals surface area contributed by atoms with Crippen molar-refractivity contribution < 1.29 is 14.3 Å². The van der Waals surface area contributed by atoms with Crippen LogP contribution in [-0.4, -0.2) is 36.3 Å². The average molecular weight is 581 g/mol. The lowest BCUT2D eigenvalue weighted by molar-refractivity contribution is 0.102. The van der Waals surface area contributed by atoms with Crippen LogP contribution in [0.2, 0.25) is 0 Å². The molecular weight excluding hydrogens is 556 g/mol. The number of ether oxygens (including phenoxy) is 2. The Bertz CT molecular complexity index is 2060. The van der Waals surface area contributed by atoms with Gasteiger partial charge in [0.25, 0.3) is 5.91 Å². The zero-order chi connectivity index (χ0) is 29.9. The van der Waals surface area contributed by atoms with Crippen LogP contribution in [0.1, 0.15) is 10.4 Å². The van der Waals surface area contributed by atoms with Crippen molar-refractivity contribution in [1.29, 1.82) is 0 Å². The summed E-state index contributed by atoms with van der Waals surface area (Å²) in [4.78, 5) is 22.3. The Labute approximate surface area is 250 Å². The first-order valence-electron chi connectivity index (χ1n) is 13.6. The van der Waals surface area contributed by atoms with Crippen LogP contribution in [0, 0.1) is 0 Å². The van der Waals surface area contributed by atoms with Crippen LogP contribution in [0.25, 0.3) is 33.5 Å². The summed E-state index contributed by atoms with van der Waals surface area (Å²) in [6, 6.07) is 33.7. The van der Waals surface area contributed by atoms with Crippen LogP contribution >= 0.6 is 0 Å². The van der Waals surface area contributed by atoms with Gasteiger partial charge in [-0.3, -0.25) is 15.0 Å². The van der Waals surface area contributed by atoms with E-state index in [1.807, 2.05) is 97.1 Å². The molecule has 214 valence electrons. The number of fused-ring (bicyclic) bond motifs is 1. The number of para-hydroxylation sites is 2. The van der Waals surface area contributed by atoms with Crippen molar-refractivity contribution in [1.82, 2.24) is 30.4 Å². The quantitative estimate of drug-likeness (QED) is 0.152. The first-order valence-corrected chi connectivity index (χ1v) is 13.6. The number of H-pyrrole nitrogens is 2. The van der Waals surface area contributed by atoms with E-state index in [1.165, 1.54) is 6.33 Å². The third-order valence-electron chi connectivity index (χ3n) is 6.82. The van der Waals surface area contributed by atoms with Crippen molar-refractivity contribution in [2.45, 2.75) is 0 Å². The lowest BCUT2D eigenvalue weighted by atomic mass is 10.1. The molecule has 7 rings (SSSR count). The number of rotatable bonds is 8. The molecule has 4 aromatic carbocycles. The summed E-state index contributed by atoms with van der Waals surface area (Å²) in [5, 5.41) is 17.8. The number of benzene rings is 4. The SMILES string of the molecule is Nc1[nH]nc(-c2ccc(Oc3ccccc3)cc2)c1C(=O)Nc1ncnc2[nH]nc(-c3ccc(Oc4ccccc4)cc3)c12. The van der Waals surface area contributed by atoms with Crippen LogP contribution in [-0.2, 0) is 0 Å². The van der Waals surface area contributed by atoms with Gasteiger partial charge in [-0.25, -0.2) is 9.97 Å². The molecule has 3 aromatic heterocycles. The smallest absolute Gasteiger partial charge is 0.262 e. The maximum Gasteiger partial charge on any atom is 0.262 e. The number of carbonyl (C=O) groups excluding carboxylic acids is 1. The van der Waals surface area contributed by atoms with Gasteiger partial charge in [0.05, 0.1) is 5.39 Å². The van der Waals surface area contributed by atoms with E-state index in [0.717, 1.165) is 17.1 Å². The molecule has 0 saturated heterocycles. The minimum absolute atomic E-state index is 0.119. The Kier molecular flexibility index (Phi) is 6.85. The van der Waals surface area contributed by atoms with E-state index >= 15 is 0 Å². The van der Waals surface area contributed by atoms with Crippen LogP contribution in [0.15, 0.2) is 116 Å². The summed E-state index contributed by atoms with van der Waals surface area (Å²) in [7, 11) is 0. The number of nitrogens with two attached hydrogens (primary N) is 1. The predicted octanol–water partition coefficient (Wildman–Crippen LogP) is 6.83. The molecule has 11 nitrogen and oxygen atoms in total. The summed E-state index contributed by atoms with van der Waals surface area (Å²) >= 11 is 0. The van der Waals surface area contributed by atoms with Crippen LogP contribution in [0.4, 0.5) is 11.6 Å². The summed E-state index contributed by atoms with van der Waals surface area (Å²) in [5.74, 6) is 2.67. The van der Waals surface area contributed by atoms with Crippen molar-refractivity contribution >= 4 is 28.6 Å². The monoisotopic (exact) mass is 580 g/mol. The number of aromatic amines is 2. The number of aromatic nitrogens is 6. The molecule has 0 aliphatic rings. The zero-order valence-corrected chi connectivity index (χ0v) is 23.1. The van der Waals surface area contributed by atoms with Gasteiger partial charge in [0.15, 0.2) is 5.65 Å². The highest BCUT2D eigenvalue weighted by Gasteiger charge is 2.23. The summed E-state index contributed by atoms with van der Waals surface area (Å²) < 4.78 is 11.8. The number of amides is 1. The molecule has 0 aliphatic carbocycles. The molecule has 44 heavy (non-hydrogen) atoms. The molecule has 0 radical (unpaired) electrons. The molecule has 0 fully saturated rings. The highest BCUT2D eigenvalue weighted by Crippen LogP contribution is 2.33. The number of nitrogens with one attached hydrogen (secondary N) is 3. The number of anilines is 2. The van der Waals surface area contributed by atoms with Gasteiger partial charge in [0.2, 0.25) is 0 Å². The molecule has 5 N–H and O–H groups in total. The third-order valence-corrected chi connectivity index (χ3v) is 6.82. The average Bonchev–Trinajstić information content (AvgIpc) is 3.67. The van der Waals surface area contributed by atoms with E-state index in [2.05, 4.69) is 35.7 Å². The molecule has 0 spiro atoms. The van der Waals surface area contributed by atoms with Gasteiger partial charge < -0.3 is 20.5 Å². The zero-order valence-electron chi connectivity index (χ0n) is 23.1. The lowest BCUT2D eigenvalue weighted by Gasteiger charge is -2.09. The number of carbonyl (C=O) groups is 1. The molecule has 0 saturated carbocycles. The highest BCUT2D eigenvalue weighted by molar-refractivity contribution is 6.14. The Hall–Kier alpha value is -6.49. The number of hydrogen-bond donors (Lipinski definition) is 4. The summed E-state index contributed by atoms with van der Waals surface area (Å²) in [6.45, 7) is 0. The Morgan fingerprint density at radius 3 is 1.75 bits per heavy atom. The topological polar surface area (TPSA) is 157 Å². The molecule has 1 amide bonds. The fraction of sp³-hybridized carbons (Fsp3) is 0. The Morgan fingerprint density at radius 1 is 0.636 bits per heavy atom. The van der Waals surface area contributed by atoms with E-state index in [4.69, 9.17) is 15.2 Å². The molecule has 7 aromatic rings. The molecular formula is C33H24N8O3. The molecule has 0 unspecified atom stereocenters. The van der Waals surface area contributed by atoms with E-state index in [0.29, 0.717) is 39.5 Å². The molecule has 0 atom stereocenters. The number of nitrogens with zero attached hydrogens (tertiary/aromatic N) is 4. The van der Waals surface area contributed by atoms with E-state index in [-0.39, 0.29) is 17.2 Å². The van der Waals surface area contributed by atoms with Gasteiger partial charge in [0, 0.05) is 11.1 Å². The minimum Gasteiger partial charge on any atom is -0.457 e. The second-order valence-electron chi connectivity index (χ2n) is 9.71. The van der Waals surface area contributed by atoms with Crippen LogP contribution in [0.5, 0.6) is 23.0 Å². The van der Waals surface area contributed by atoms with Crippen molar-refractivity contribution in [2.24, 2.45) is 0 Å². The maximum atomic E-state index is 13.6. The van der Waals surface area contributed by atoms with E-state index in [1.54, 1.807) is 12.1 Å². The van der Waals surface area contributed by atoms with Gasteiger partial charge in [-0.15, -0.1) is 0 Å². The fourth-order valence-corrected chi connectivity index (χ4v) is 4.74. The van der Waals surface area contributed by atoms with Crippen molar-refractivity contribution in [2.75, 3.05) is 11.1 Å². The van der Waals surface area contributed by atoms with E-state index in [9.17, 15) is 4.79 Å². The number of hydrogen-bond acceptors (Lipinski definition) is 8. The van der Waals surface area contributed by atoms with Gasteiger partial charge in [-0.1, -0.05) is 36.4 Å². The van der Waals surface area contributed by atoms with Gasteiger partial charge >= 0.3 is 0 Å². The normalized spacial score (nSPS) is 10.9. The lowest BCUT2D eigenvalue weighted by Crippen LogP contribution is -2.15. The number of nitrogen functional groups attached to an aromatic ring is 1. The molecule has 0 bridgehead atoms. The van der Waals surface area contributed by atoms with Crippen LogP contribution in [0.3, 0.4) is 0 Å². The molecule has 3 heterocycles. The Balaban J connectivity index is 1.14. The van der Waals surface area contributed by atoms with Crippen molar-refractivity contribution in [3.05, 3.63) is 121 Å². The first kappa shape index (κ1) is 26.4. The van der Waals surface area contributed by atoms with Crippen LogP contribution < -0.4 is 20.5 Å².